The summed E-state index contributed by atoms with van der Waals surface area (Å²) in [6.45, 7) is 3.11. The van der Waals surface area contributed by atoms with E-state index >= 15 is 0 Å². The molecule has 0 fully saturated rings. The Morgan fingerprint density at radius 2 is 2.25 bits per heavy atom. The minimum Gasteiger partial charge on any atom is -0.361 e. The Labute approximate surface area is 94.9 Å². The standard InChI is InChI=1S/C10H17N5O/c1-3-5-12-10-13-6-4-8(15-10)14-7-9(16)11-2/h4,6H,3,5,7H2,1-2H3,(H,11,16)(H2,12,13,14,15). The van der Waals surface area contributed by atoms with Crippen LogP contribution in [0.2, 0.25) is 0 Å². The highest BCUT2D eigenvalue weighted by Crippen LogP contribution is 2.04. The molecule has 0 aromatic carbocycles. The number of carbonyl (C=O) groups excluding carboxylic acids is 1. The molecule has 1 aromatic heterocycles. The van der Waals surface area contributed by atoms with Crippen molar-refractivity contribution in [2.45, 2.75) is 13.3 Å². The first-order valence-electron chi connectivity index (χ1n) is 5.27. The number of likely N-dealkylation sites (N-methyl/N-ethyl adjacent to an activating group) is 1. The largest absolute Gasteiger partial charge is 0.361 e. The Bertz CT molecular complexity index is 342. The SMILES string of the molecule is CCCNc1nccc(NCC(=O)NC)n1. The molecule has 0 aliphatic carbocycles. The lowest BCUT2D eigenvalue weighted by Crippen LogP contribution is -2.26. The molecule has 6 nitrogen and oxygen atoms in total. The number of aromatic nitrogens is 2. The summed E-state index contributed by atoms with van der Waals surface area (Å²) in [5.41, 5.74) is 0. The molecular weight excluding hydrogens is 206 g/mol. The highest BCUT2D eigenvalue weighted by Gasteiger charge is 2.00. The number of anilines is 2. The number of nitrogens with zero attached hydrogens (tertiary/aromatic N) is 2. The molecule has 0 unspecified atom stereocenters. The van der Waals surface area contributed by atoms with Gasteiger partial charge in [0.2, 0.25) is 11.9 Å². The van der Waals surface area contributed by atoms with Gasteiger partial charge < -0.3 is 16.0 Å². The molecule has 0 saturated heterocycles. The molecule has 0 aliphatic rings. The number of hydrogen-bond acceptors (Lipinski definition) is 5. The second kappa shape index (κ2) is 6.60. The molecule has 16 heavy (non-hydrogen) atoms. The summed E-state index contributed by atoms with van der Waals surface area (Å²) < 4.78 is 0. The average Bonchev–Trinajstić information content (AvgIpc) is 2.34. The van der Waals surface area contributed by atoms with Crippen molar-refractivity contribution in [3.05, 3.63) is 12.3 Å². The van der Waals surface area contributed by atoms with E-state index in [1.165, 1.54) is 0 Å². The maximum absolute atomic E-state index is 11.0. The van der Waals surface area contributed by atoms with E-state index in [4.69, 9.17) is 0 Å². The summed E-state index contributed by atoms with van der Waals surface area (Å²) >= 11 is 0. The van der Waals surface area contributed by atoms with Gasteiger partial charge >= 0.3 is 0 Å². The molecule has 0 spiro atoms. The van der Waals surface area contributed by atoms with E-state index in [0.717, 1.165) is 13.0 Å². The Morgan fingerprint density at radius 3 is 2.94 bits per heavy atom. The highest BCUT2D eigenvalue weighted by molar-refractivity contribution is 5.80. The molecule has 0 aliphatic heterocycles. The lowest BCUT2D eigenvalue weighted by atomic mass is 10.5. The molecule has 0 radical (unpaired) electrons. The summed E-state index contributed by atoms with van der Waals surface area (Å²) in [6.07, 6.45) is 2.66. The zero-order chi connectivity index (χ0) is 11.8. The van der Waals surface area contributed by atoms with Crippen molar-refractivity contribution >= 4 is 17.7 Å². The molecule has 0 saturated carbocycles. The number of amides is 1. The summed E-state index contributed by atoms with van der Waals surface area (Å²) in [5.74, 6) is 1.13. The monoisotopic (exact) mass is 223 g/mol. The normalized spacial score (nSPS) is 9.62. The van der Waals surface area contributed by atoms with Crippen LogP contribution in [-0.4, -0.2) is 36.0 Å². The van der Waals surface area contributed by atoms with Gasteiger partial charge in [-0.1, -0.05) is 6.92 Å². The summed E-state index contributed by atoms with van der Waals surface area (Å²) in [6, 6.07) is 1.72. The zero-order valence-corrected chi connectivity index (χ0v) is 9.58. The Kier molecular flexibility index (Phi) is 5.04. The summed E-state index contributed by atoms with van der Waals surface area (Å²) in [4.78, 5) is 19.3. The second-order valence-corrected chi connectivity index (χ2v) is 3.22. The van der Waals surface area contributed by atoms with E-state index in [0.29, 0.717) is 11.8 Å². The van der Waals surface area contributed by atoms with Gasteiger partial charge in [-0.25, -0.2) is 4.98 Å². The molecular formula is C10H17N5O. The van der Waals surface area contributed by atoms with Crippen LogP contribution in [0, 0.1) is 0 Å². The van der Waals surface area contributed by atoms with Gasteiger partial charge in [0.1, 0.15) is 5.82 Å². The van der Waals surface area contributed by atoms with Crippen LogP contribution in [-0.2, 0) is 4.79 Å². The minimum atomic E-state index is -0.0818. The van der Waals surface area contributed by atoms with E-state index in [9.17, 15) is 4.79 Å². The van der Waals surface area contributed by atoms with Crippen molar-refractivity contribution in [3.8, 4) is 0 Å². The molecule has 88 valence electrons. The van der Waals surface area contributed by atoms with Gasteiger partial charge in [-0.15, -0.1) is 0 Å². The molecule has 1 rings (SSSR count). The van der Waals surface area contributed by atoms with Gasteiger partial charge in [-0.05, 0) is 12.5 Å². The van der Waals surface area contributed by atoms with E-state index in [1.807, 2.05) is 0 Å². The maximum Gasteiger partial charge on any atom is 0.239 e. The Morgan fingerprint density at radius 1 is 1.44 bits per heavy atom. The van der Waals surface area contributed by atoms with E-state index in [-0.39, 0.29) is 12.5 Å². The van der Waals surface area contributed by atoms with Crippen LogP contribution in [0.25, 0.3) is 0 Å². The van der Waals surface area contributed by atoms with Gasteiger partial charge in [-0.2, -0.15) is 4.98 Å². The second-order valence-electron chi connectivity index (χ2n) is 3.22. The fraction of sp³-hybridized carbons (Fsp3) is 0.500. The van der Waals surface area contributed by atoms with Crippen LogP contribution in [0.3, 0.4) is 0 Å². The predicted octanol–water partition coefficient (Wildman–Crippen LogP) is 0.456. The van der Waals surface area contributed by atoms with E-state index in [1.54, 1.807) is 19.3 Å². The van der Waals surface area contributed by atoms with E-state index in [2.05, 4.69) is 32.8 Å². The fourth-order valence-electron chi connectivity index (χ4n) is 1.04. The first-order valence-corrected chi connectivity index (χ1v) is 5.27. The third kappa shape index (κ3) is 4.12. The first-order chi connectivity index (χ1) is 7.76. The van der Waals surface area contributed by atoms with Crippen molar-refractivity contribution in [2.24, 2.45) is 0 Å². The molecule has 0 atom stereocenters. The van der Waals surface area contributed by atoms with Crippen LogP contribution in [0.1, 0.15) is 13.3 Å². The number of nitrogens with one attached hydrogen (secondary N) is 3. The van der Waals surface area contributed by atoms with Gasteiger partial charge in [0.05, 0.1) is 6.54 Å². The Hall–Kier alpha value is -1.85. The topological polar surface area (TPSA) is 78.9 Å². The minimum absolute atomic E-state index is 0.0818. The molecule has 0 bridgehead atoms. The molecule has 3 N–H and O–H groups in total. The van der Waals surface area contributed by atoms with Gasteiger partial charge in [0.15, 0.2) is 0 Å². The van der Waals surface area contributed by atoms with Crippen molar-refractivity contribution in [2.75, 3.05) is 30.8 Å². The molecule has 1 aromatic rings. The lowest BCUT2D eigenvalue weighted by Gasteiger charge is -2.06. The van der Waals surface area contributed by atoms with Crippen LogP contribution in [0.5, 0.6) is 0 Å². The van der Waals surface area contributed by atoms with Crippen LogP contribution in [0.4, 0.5) is 11.8 Å². The zero-order valence-electron chi connectivity index (χ0n) is 9.58. The smallest absolute Gasteiger partial charge is 0.239 e. The predicted molar refractivity (Wildman–Crippen MR) is 63.4 cm³/mol. The van der Waals surface area contributed by atoms with Crippen molar-refractivity contribution < 1.29 is 4.79 Å². The number of hydrogen-bond donors (Lipinski definition) is 3. The van der Waals surface area contributed by atoms with Gasteiger partial charge in [0, 0.05) is 19.8 Å². The third-order valence-electron chi connectivity index (χ3n) is 1.90. The van der Waals surface area contributed by atoms with Crippen LogP contribution >= 0.6 is 0 Å². The molecule has 1 heterocycles. The van der Waals surface area contributed by atoms with Gasteiger partial charge in [0.25, 0.3) is 0 Å². The first kappa shape index (κ1) is 12.2. The lowest BCUT2D eigenvalue weighted by molar-refractivity contribution is -0.118. The third-order valence-corrected chi connectivity index (χ3v) is 1.90. The summed E-state index contributed by atoms with van der Waals surface area (Å²) in [7, 11) is 1.60. The highest BCUT2D eigenvalue weighted by atomic mass is 16.1. The molecule has 1 amide bonds. The number of rotatable bonds is 6. The molecule has 6 heteroatoms. The average molecular weight is 223 g/mol. The van der Waals surface area contributed by atoms with Gasteiger partial charge in [-0.3, -0.25) is 4.79 Å². The fourth-order valence-corrected chi connectivity index (χ4v) is 1.04. The Balaban J connectivity index is 2.50. The summed E-state index contributed by atoms with van der Waals surface area (Å²) in [5, 5.41) is 8.51. The maximum atomic E-state index is 11.0. The quantitative estimate of drug-likeness (QED) is 0.653. The van der Waals surface area contributed by atoms with Crippen LogP contribution in [0.15, 0.2) is 12.3 Å². The van der Waals surface area contributed by atoms with Crippen LogP contribution < -0.4 is 16.0 Å². The number of carbonyl (C=O) groups is 1. The van der Waals surface area contributed by atoms with E-state index < -0.39 is 0 Å². The van der Waals surface area contributed by atoms with Crippen molar-refractivity contribution in [1.29, 1.82) is 0 Å². The van der Waals surface area contributed by atoms with Crippen molar-refractivity contribution in [3.63, 3.8) is 0 Å². The van der Waals surface area contributed by atoms with Crippen molar-refractivity contribution in [1.82, 2.24) is 15.3 Å².